The quantitative estimate of drug-likeness (QED) is 0.808. The summed E-state index contributed by atoms with van der Waals surface area (Å²) < 4.78 is 19.2. The summed E-state index contributed by atoms with van der Waals surface area (Å²) in [5.74, 6) is -0.176. The molecule has 0 spiro atoms. The minimum absolute atomic E-state index is 0.0462. The second-order valence-corrected chi connectivity index (χ2v) is 6.97. The van der Waals surface area contributed by atoms with E-state index < -0.39 is 5.41 Å². The predicted octanol–water partition coefficient (Wildman–Crippen LogP) is 2.03. The zero-order chi connectivity index (χ0) is 16.3. The van der Waals surface area contributed by atoms with E-state index in [1.54, 1.807) is 19.2 Å². The lowest BCUT2D eigenvalue weighted by Gasteiger charge is -2.30. The molecule has 2 fully saturated rings. The van der Waals surface area contributed by atoms with Gasteiger partial charge in [0.25, 0.3) is 0 Å². The largest absolute Gasteiger partial charge is 0.383 e. The van der Waals surface area contributed by atoms with Crippen LogP contribution in [0.4, 0.5) is 4.39 Å². The van der Waals surface area contributed by atoms with Crippen LogP contribution in [0.2, 0.25) is 0 Å². The Hall–Kier alpha value is -1.46. The molecule has 1 unspecified atom stereocenters. The third-order valence-corrected chi connectivity index (χ3v) is 5.16. The van der Waals surface area contributed by atoms with Gasteiger partial charge in [0, 0.05) is 13.7 Å². The number of carbonyl (C=O) groups is 1. The molecule has 4 nitrogen and oxygen atoms in total. The number of carbonyl (C=O) groups excluding carboxylic acids is 1. The van der Waals surface area contributed by atoms with E-state index in [2.05, 4.69) is 10.6 Å². The second-order valence-electron chi connectivity index (χ2n) is 6.97. The Bertz CT molecular complexity index is 566. The fourth-order valence-corrected chi connectivity index (χ4v) is 3.55. The van der Waals surface area contributed by atoms with Gasteiger partial charge in [-0.25, -0.2) is 4.39 Å². The maximum absolute atomic E-state index is 13.8. The minimum atomic E-state index is -0.422. The topological polar surface area (TPSA) is 50.4 Å². The first kappa shape index (κ1) is 16.4. The number of hydrogen-bond acceptors (Lipinski definition) is 3. The molecule has 2 aliphatic rings. The van der Waals surface area contributed by atoms with Gasteiger partial charge in [-0.3, -0.25) is 4.79 Å². The summed E-state index contributed by atoms with van der Waals surface area (Å²) in [5, 5.41) is 6.55. The molecule has 0 bridgehead atoms. The number of ether oxygens (including phenoxy) is 1. The Morgan fingerprint density at radius 1 is 1.35 bits per heavy atom. The highest BCUT2D eigenvalue weighted by Gasteiger charge is 2.50. The Morgan fingerprint density at radius 3 is 2.74 bits per heavy atom. The fourth-order valence-electron chi connectivity index (χ4n) is 3.55. The first-order valence-electron chi connectivity index (χ1n) is 8.35. The lowest BCUT2D eigenvalue weighted by Crippen LogP contribution is -2.54. The van der Waals surface area contributed by atoms with E-state index in [0.29, 0.717) is 25.1 Å². The van der Waals surface area contributed by atoms with Gasteiger partial charge in [0.15, 0.2) is 0 Å². The molecule has 1 aromatic rings. The molecule has 1 amide bonds. The van der Waals surface area contributed by atoms with Crippen molar-refractivity contribution in [2.75, 3.05) is 26.8 Å². The van der Waals surface area contributed by atoms with Crippen molar-refractivity contribution in [3.8, 4) is 0 Å². The van der Waals surface area contributed by atoms with Gasteiger partial charge in [-0.15, -0.1) is 0 Å². The van der Waals surface area contributed by atoms with Crippen LogP contribution >= 0.6 is 0 Å². The van der Waals surface area contributed by atoms with Gasteiger partial charge >= 0.3 is 0 Å². The van der Waals surface area contributed by atoms with Crippen molar-refractivity contribution in [3.05, 3.63) is 35.6 Å². The third kappa shape index (κ3) is 3.56. The van der Waals surface area contributed by atoms with Gasteiger partial charge in [-0.1, -0.05) is 18.2 Å². The van der Waals surface area contributed by atoms with Crippen LogP contribution in [-0.2, 0) is 16.0 Å². The Kier molecular flexibility index (Phi) is 4.69. The minimum Gasteiger partial charge on any atom is -0.383 e. The number of nitrogens with one attached hydrogen (secondary N) is 2. The number of amides is 1. The summed E-state index contributed by atoms with van der Waals surface area (Å²) >= 11 is 0. The van der Waals surface area contributed by atoms with E-state index in [4.69, 9.17) is 4.74 Å². The molecule has 126 valence electrons. The number of halogens is 1. The van der Waals surface area contributed by atoms with Gasteiger partial charge in [-0.05, 0) is 50.3 Å². The van der Waals surface area contributed by atoms with E-state index in [-0.39, 0.29) is 17.3 Å². The molecule has 1 atom stereocenters. The number of methoxy groups -OCH3 is 1. The number of benzene rings is 1. The van der Waals surface area contributed by atoms with Gasteiger partial charge < -0.3 is 15.4 Å². The Labute approximate surface area is 136 Å². The van der Waals surface area contributed by atoms with Gasteiger partial charge in [0.05, 0.1) is 17.6 Å². The first-order valence-corrected chi connectivity index (χ1v) is 8.35. The van der Waals surface area contributed by atoms with E-state index in [9.17, 15) is 9.18 Å². The van der Waals surface area contributed by atoms with E-state index in [1.165, 1.54) is 6.07 Å². The van der Waals surface area contributed by atoms with Crippen LogP contribution in [0, 0.1) is 11.2 Å². The van der Waals surface area contributed by atoms with Crippen LogP contribution in [0.25, 0.3) is 0 Å². The number of hydrogen-bond donors (Lipinski definition) is 2. The van der Waals surface area contributed by atoms with Crippen molar-refractivity contribution in [2.45, 2.75) is 37.6 Å². The molecule has 0 radical (unpaired) electrons. The average molecular weight is 320 g/mol. The molecule has 1 aliphatic carbocycles. The summed E-state index contributed by atoms with van der Waals surface area (Å²) in [6, 6.07) is 6.73. The van der Waals surface area contributed by atoms with Crippen LogP contribution in [0.3, 0.4) is 0 Å². The van der Waals surface area contributed by atoms with Crippen molar-refractivity contribution in [1.82, 2.24) is 10.6 Å². The normalized spacial score (nSPS) is 25.3. The molecule has 0 aromatic heterocycles. The Morgan fingerprint density at radius 2 is 2.13 bits per heavy atom. The van der Waals surface area contributed by atoms with Crippen molar-refractivity contribution < 1.29 is 13.9 Å². The summed E-state index contributed by atoms with van der Waals surface area (Å²) in [6.07, 6.45) is 4.24. The van der Waals surface area contributed by atoms with Crippen LogP contribution in [-0.4, -0.2) is 38.3 Å². The molecule has 1 aromatic carbocycles. The summed E-state index contributed by atoms with van der Waals surface area (Å²) in [4.78, 5) is 12.6. The highest BCUT2D eigenvalue weighted by Crippen LogP contribution is 2.49. The van der Waals surface area contributed by atoms with Crippen molar-refractivity contribution in [2.24, 2.45) is 5.41 Å². The standard InChI is InChI=1S/C18H25FN2O2/c1-23-13-18(7-4-10-21-18)12-20-16(22)17(8-9-17)11-14-5-2-3-6-15(14)19/h2-3,5-6,21H,4,7-13H2,1H3,(H,20,22). The molecule has 1 saturated carbocycles. The lowest BCUT2D eigenvalue weighted by atomic mass is 9.93. The molecule has 5 heteroatoms. The molecule has 1 saturated heterocycles. The monoisotopic (exact) mass is 320 g/mol. The SMILES string of the molecule is COCC1(CNC(=O)C2(Cc3ccccc3F)CC2)CCCN1. The fraction of sp³-hybridized carbons (Fsp3) is 0.611. The second kappa shape index (κ2) is 6.57. The maximum Gasteiger partial charge on any atom is 0.226 e. The molecule has 2 N–H and O–H groups in total. The lowest BCUT2D eigenvalue weighted by molar-refractivity contribution is -0.126. The van der Waals surface area contributed by atoms with Gasteiger partial charge in [-0.2, -0.15) is 0 Å². The third-order valence-electron chi connectivity index (χ3n) is 5.16. The zero-order valence-corrected chi connectivity index (χ0v) is 13.7. The van der Waals surface area contributed by atoms with Crippen molar-refractivity contribution in [1.29, 1.82) is 0 Å². The predicted molar refractivity (Wildman–Crippen MR) is 86.6 cm³/mol. The van der Waals surface area contributed by atoms with Crippen LogP contribution in [0.15, 0.2) is 24.3 Å². The summed E-state index contributed by atoms with van der Waals surface area (Å²) in [6.45, 7) is 2.12. The van der Waals surface area contributed by atoms with Crippen LogP contribution in [0.1, 0.15) is 31.2 Å². The first-order chi connectivity index (χ1) is 11.1. The van der Waals surface area contributed by atoms with Crippen molar-refractivity contribution in [3.63, 3.8) is 0 Å². The zero-order valence-electron chi connectivity index (χ0n) is 13.7. The summed E-state index contributed by atoms with van der Waals surface area (Å²) in [7, 11) is 1.68. The average Bonchev–Trinajstić information content (AvgIpc) is 3.19. The van der Waals surface area contributed by atoms with E-state index in [0.717, 1.165) is 32.2 Å². The van der Waals surface area contributed by atoms with Crippen LogP contribution in [0.5, 0.6) is 0 Å². The number of rotatable bonds is 7. The summed E-state index contributed by atoms with van der Waals surface area (Å²) in [5.41, 5.74) is 0.0545. The molecule has 23 heavy (non-hydrogen) atoms. The highest BCUT2D eigenvalue weighted by atomic mass is 19.1. The van der Waals surface area contributed by atoms with Gasteiger partial charge in [0.1, 0.15) is 5.82 Å². The molecule has 1 aliphatic heterocycles. The van der Waals surface area contributed by atoms with Crippen LogP contribution < -0.4 is 10.6 Å². The van der Waals surface area contributed by atoms with Crippen molar-refractivity contribution >= 4 is 5.91 Å². The maximum atomic E-state index is 13.8. The van der Waals surface area contributed by atoms with E-state index in [1.807, 2.05) is 6.07 Å². The highest BCUT2D eigenvalue weighted by molar-refractivity contribution is 5.85. The smallest absolute Gasteiger partial charge is 0.226 e. The molecule has 1 heterocycles. The van der Waals surface area contributed by atoms with Gasteiger partial charge in [0.2, 0.25) is 5.91 Å². The molecular weight excluding hydrogens is 295 g/mol. The van der Waals surface area contributed by atoms with E-state index >= 15 is 0 Å². The Balaban J connectivity index is 1.60. The molecular formula is C18H25FN2O2. The molecule has 3 rings (SSSR count).